The molecule has 0 unspecified atom stereocenters. The van der Waals surface area contributed by atoms with E-state index in [1.807, 2.05) is 60.7 Å². The van der Waals surface area contributed by atoms with Gasteiger partial charge in [-0.2, -0.15) is 9.97 Å². The van der Waals surface area contributed by atoms with Gasteiger partial charge in [-0.1, -0.05) is 60.7 Å². The van der Waals surface area contributed by atoms with E-state index in [9.17, 15) is 0 Å². The molecule has 0 saturated heterocycles. The van der Waals surface area contributed by atoms with Gasteiger partial charge in [0.15, 0.2) is 0 Å². The Balaban J connectivity index is 1.25. The summed E-state index contributed by atoms with van der Waals surface area (Å²) < 4.78 is 14.2. The van der Waals surface area contributed by atoms with E-state index in [2.05, 4.69) is 20.2 Å². The predicted molar refractivity (Wildman–Crippen MR) is 99.5 cm³/mol. The Hall–Kier alpha value is -3.62. The summed E-state index contributed by atoms with van der Waals surface area (Å²) >= 11 is 0. The molecule has 4 aromatic rings. The standard InChI is InChI=1S/C18H17BN6O2/c1-3-7-15(8-4-1)11-24-13-20-17(22-24)26-19-27-18-21-14-25(23-18)12-16-9-5-2-6-10-16/h1-10,13-14,19H,11-12H2. The summed E-state index contributed by atoms with van der Waals surface area (Å²) in [5.41, 5.74) is 2.27. The highest BCUT2D eigenvalue weighted by molar-refractivity contribution is 6.20. The molecule has 8 nitrogen and oxygen atoms in total. The first kappa shape index (κ1) is 16.8. The Bertz CT molecular complexity index is 894. The van der Waals surface area contributed by atoms with E-state index in [1.54, 1.807) is 22.0 Å². The second-order valence-electron chi connectivity index (χ2n) is 5.83. The van der Waals surface area contributed by atoms with E-state index < -0.39 is 0 Å². The Kier molecular flexibility index (Phi) is 5.10. The second kappa shape index (κ2) is 8.18. The topological polar surface area (TPSA) is 79.9 Å². The van der Waals surface area contributed by atoms with Crippen LogP contribution < -0.4 is 9.31 Å². The molecule has 0 N–H and O–H groups in total. The Morgan fingerprint density at radius 3 is 1.56 bits per heavy atom. The van der Waals surface area contributed by atoms with Crippen LogP contribution >= 0.6 is 0 Å². The number of nitrogens with zero attached hydrogens (tertiary/aromatic N) is 6. The first-order chi connectivity index (χ1) is 13.3. The lowest BCUT2D eigenvalue weighted by Gasteiger charge is -2.01. The molecule has 0 amide bonds. The molecule has 2 heterocycles. The zero-order valence-corrected chi connectivity index (χ0v) is 14.5. The third kappa shape index (κ3) is 4.72. The van der Waals surface area contributed by atoms with E-state index in [4.69, 9.17) is 9.31 Å². The molecule has 4 rings (SSSR count). The summed E-state index contributed by atoms with van der Waals surface area (Å²) in [7, 11) is -0.0648. The fourth-order valence-corrected chi connectivity index (χ4v) is 2.52. The van der Waals surface area contributed by atoms with Crippen molar-refractivity contribution in [1.82, 2.24) is 29.5 Å². The van der Waals surface area contributed by atoms with Crippen molar-refractivity contribution in [2.24, 2.45) is 0 Å². The largest absolute Gasteiger partial charge is 0.580 e. The van der Waals surface area contributed by atoms with Crippen molar-refractivity contribution in [1.29, 1.82) is 0 Å². The minimum atomic E-state index is -0.0648. The monoisotopic (exact) mass is 360 g/mol. The fraction of sp³-hybridized carbons (Fsp3) is 0.111. The maximum absolute atomic E-state index is 5.40. The van der Waals surface area contributed by atoms with E-state index in [0.29, 0.717) is 13.1 Å². The average molecular weight is 360 g/mol. The summed E-state index contributed by atoms with van der Waals surface area (Å²) in [6.45, 7) is 1.26. The molecule has 27 heavy (non-hydrogen) atoms. The number of hydrogen-bond acceptors (Lipinski definition) is 6. The first-order valence-electron chi connectivity index (χ1n) is 8.47. The number of rotatable bonds is 8. The van der Waals surface area contributed by atoms with Crippen molar-refractivity contribution < 1.29 is 9.31 Å². The van der Waals surface area contributed by atoms with Gasteiger partial charge in [-0.25, -0.2) is 9.36 Å². The smallest absolute Gasteiger partial charge is 0.499 e. The van der Waals surface area contributed by atoms with Gasteiger partial charge in [-0.05, 0) is 11.1 Å². The highest BCUT2D eigenvalue weighted by Gasteiger charge is 2.08. The van der Waals surface area contributed by atoms with Gasteiger partial charge >= 0.3 is 19.7 Å². The molecule has 0 radical (unpaired) electrons. The molecule has 134 valence electrons. The summed E-state index contributed by atoms with van der Waals surface area (Å²) in [4.78, 5) is 8.22. The molecule has 0 saturated carbocycles. The zero-order valence-electron chi connectivity index (χ0n) is 14.5. The summed E-state index contributed by atoms with van der Waals surface area (Å²) in [5, 5.41) is 8.51. The lowest BCUT2D eigenvalue weighted by atomic mass is 10.2. The van der Waals surface area contributed by atoms with Crippen LogP contribution in [0.1, 0.15) is 11.1 Å². The van der Waals surface area contributed by atoms with Crippen LogP contribution in [0.3, 0.4) is 0 Å². The van der Waals surface area contributed by atoms with E-state index in [-0.39, 0.29) is 19.7 Å². The maximum Gasteiger partial charge on any atom is 0.580 e. The molecule has 9 heteroatoms. The Morgan fingerprint density at radius 2 is 1.11 bits per heavy atom. The van der Waals surface area contributed by atoms with Crippen molar-refractivity contribution in [3.8, 4) is 12.0 Å². The zero-order chi connectivity index (χ0) is 18.3. The molecule has 0 aliphatic rings. The van der Waals surface area contributed by atoms with Crippen molar-refractivity contribution in [2.45, 2.75) is 13.1 Å². The molecule has 0 bridgehead atoms. The number of benzene rings is 2. The SMILES string of the molecule is B(Oc1ncn(Cc2ccccc2)n1)Oc1ncn(Cc2ccccc2)n1. The van der Waals surface area contributed by atoms with Crippen LogP contribution in [0.25, 0.3) is 0 Å². The molecular formula is C18H17BN6O2. The van der Waals surface area contributed by atoms with Gasteiger partial charge in [0.05, 0.1) is 13.1 Å². The van der Waals surface area contributed by atoms with E-state index in [0.717, 1.165) is 11.1 Å². The first-order valence-corrected chi connectivity index (χ1v) is 8.47. The van der Waals surface area contributed by atoms with Crippen molar-refractivity contribution >= 4 is 7.69 Å². The van der Waals surface area contributed by atoms with Crippen LogP contribution in [0.4, 0.5) is 0 Å². The molecule has 0 aliphatic heterocycles. The van der Waals surface area contributed by atoms with Crippen LogP contribution in [-0.2, 0) is 13.1 Å². The van der Waals surface area contributed by atoms with Gasteiger partial charge in [0.2, 0.25) is 0 Å². The molecule has 0 aliphatic carbocycles. The van der Waals surface area contributed by atoms with Crippen LogP contribution in [0, 0.1) is 0 Å². The van der Waals surface area contributed by atoms with Crippen LogP contribution in [-0.4, -0.2) is 37.2 Å². The van der Waals surface area contributed by atoms with Gasteiger partial charge in [0, 0.05) is 0 Å². The van der Waals surface area contributed by atoms with Crippen molar-refractivity contribution in [3.05, 3.63) is 84.4 Å². The normalized spacial score (nSPS) is 10.5. The van der Waals surface area contributed by atoms with Gasteiger partial charge in [-0.15, -0.1) is 10.2 Å². The fourth-order valence-electron chi connectivity index (χ4n) is 2.52. The molecule has 2 aromatic carbocycles. The third-order valence-electron chi connectivity index (χ3n) is 3.78. The highest BCUT2D eigenvalue weighted by Crippen LogP contribution is 2.06. The minimum Gasteiger partial charge on any atom is -0.499 e. The molecule has 0 fully saturated rings. The second-order valence-corrected chi connectivity index (χ2v) is 5.83. The van der Waals surface area contributed by atoms with Gasteiger partial charge in [0.25, 0.3) is 0 Å². The van der Waals surface area contributed by atoms with Crippen LogP contribution in [0.5, 0.6) is 12.0 Å². The summed E-state index contributed by atoms with van der Waals surface area (Å²) in [5.74, 6) is 0. The Morgan fingerprint density at radius 1 is 0.667 bits per heavy atom. The maximum atomic E-state index is 5.40. The molecule has 0 atom stereocenters. The third-order valence-corrected chi connectivity index (χ3v) is 3.78. The minimum absolute atomic E-state index is 0.0648. The summed E-state index contributed by atoms with van der Waals surface area (Å²) in [6, 6.07) is 20.5. The highest BCUT2D eigenvalue weighted by atomic mass is 16.6. The van der Waals surface area contributed by atoms with Gasteiger partial charge < -0.3 is 9.31 Å². The van der Waals surface area contributed by atoms with Crippen molar-refractivity contribution in [3.63, 3.8) is 0 Å². The lowest BCUT2D eigenvalue weighted by molar-refractivity contribution is 0.413. The quantitative estimate of drug-likeness (QED) is 0.445. The summed E-state index contributed by atoms with van der Waals surface area (Å²) in [6.07, 6.45) is 3.24. The lowest BCUT2D eigenvalue weighted by Crippen LogP contribution is -2.13. The number of aromatic nitrogens is 6. The van der Waals surface area contributed by atoms with E-state index in [1.165, 1.54) is 0 Å². The van der Waals surface area contributed by atoms with Crippen LogP contribution in [0.2, 0.25) is 0 Å². The van der Waals surface area contributed by atoms with Crippen LogP contribution in [0.15, 0.2) is 73.3 Å². The Labute approximate surface area is 156 Å². The predicted octanol–water partition coefficient (Wildman–Crippen LogP) is 1.69. The van der Waals surface area contributed by atoms with Gasteiger partial charge in [-0.3, -0.25) is 0 Å². The average Bonchev–Trinajstić information content (AvgIpc) is 3.33. The molecule has 0 spiro atoms. The number of hydrogen-bond donors (Lipinski definition) is 0. The molecule has 2 aromatic heterocycles. The van der Waals surface area contributed by atoms with Gasteiger partial charge in [0.1, 0.15) is 12.7 Å². The molecular weight excluding hydrogens is 343 g/mol. The van der Waals surface area contributed by atoms with Crippen molar-refractivity contribution in [2.75, 3.05) is 0 Å². The van der Waals surface area contributed by atoms with E-state index >= 15 is 0 Å².